The van der Waals surface area contributed by atoms with Gasteiger partial charge in [0.2, 0.25) is 0 Å². The van der Waals surface area contributed by atoms with Crippen LogP contribution in [-0.4, -0.2) is 6.03 Å². The van der Waals surface area contributed by atoms with Crippen molar-refractivity contribution in [3.8, 4) is 0 Å². The normalized spacial score (nSPS) is 10.2. The number of halogens is 1. The van der Waals surface area contributed by atoms with Crippen molar-refractivity contribution in [2.24, 2.45) is 0 Å². The van der Waals surface area contributed by atoms with E-state index in [0.717, 1.165) is 6.42 Å². The van der Waals surface area contributed by atoms with Gasteiger partial charge in [0.15, 0.2) is 0 Å². The van der Waals surface area contributed by atoms with Gasteiger partial charge in [-0.05, 0) is 48.7 Å². The molecule has 2 aromatic rings. The maximum Gasteiger partial charge on any atom is 0.323 e. The Morgan fingerprint density at radius 2 is 1.65 bits per heavy atom. The lowest BCUT2D eigenvalue weighted by Gasteiger charge is -2.08. The van der Waals surface area contributed by atoms with E-state index in [-0.39, 0.29) is 5.82 Å². The number of hydrogen-bond acceptors (Lipinski definition) is 1. The van der Waals surface area contributed by atoms with E-state index in [1.807, 2.05) is 24.3 Å². The van der Waals surface area contributed by atoms with E-state index in [4.69, 9.17) is 0 Å². The first-order chi connectivity index (χ1) is 9.58. The average Bonchev–Trinajstić information content (AvgIpc) is 2.44. The minimum absolute atomic E-state index is 0.338. The molecule has 0 saturated carbocycles. The Kier molecular flexibility index (Phi) is 4.35. The molecule has 0 aromatic heterocycles. The van der Waals surface area contributed by atoms with Crippen LogP contribution in [0.2, 0.25) is 0 Å². The molecule has 0 heterocycles. The molecule has 0 aliphatic carbocycles. The van der Waals surface area contributed by atoms with Crippen LogP contribution in [-0.2, 0) is 6.42 Å². The fourth-order valence-electron chi connectivity index (χ4n) is 1.79. The van der Waals surface area contributed by atoms with Gasteiger partial charge in [0.05, 0.1) is 0 Å². The molecule has 0 unspecified atom stereocenters. The molecular formula is C16H17FN2O. The molecule has 2 N–H and O–H groups in total. The molecule has 0 aliphatic heterocycles. The molecule has 3 nitrogen and oxygen atoms in total. The molecule has 0 bridgehead atoms. The zero-order valence-electron chi connectivity index (χ0n) is 11.5. The molecule has 0 aliphatic rings. The Morgan fingerprint density at radius 1 is 1.05 bits per heavy atom. The molecule has 20 heavy (non-hydrogen) atoms. The number of amides is 2. The molecule has 2 amide bonds. The summed E-state index contributed by atoms with van der Waals surface area (Å²) in [5.41, 5.74) is 2.88. The predicted molar refractivity (Wildman–Crippen MR) is 79.6 cm³/mol. The van der Waals surface area contributed by atoms with Crippen molar-refractivity contribution >= 4 is 17.4 Å². The van der Waals surface area contributed by atoms with E-state index in [2.05, 4.69) is 17.6 Å². The van der Waals surface area contributed by atoms with Crippen molar-refractivity contribution in [2.75, 3.05) is 10.6 Å². The Hall–Kier alpha value is -2.36. The van der Waals surface area contributed by atoms with Gasteiger partial charge in [-0.2, -0.15) is 0 Å². The summed E-state index contributed by atoms with van der Waals surface area (Å²) in [6, 6.07) is 11.8. The lowest BCUT2D eigenvalue weighted by molar-refractivity contribution is 0.262. The smallest absolute Gasteiger partial charge is 0.308 e. The number of anilines is 2. The van der Waals surface area contributed by atoms with E-state index in [1.54, 1.807) is 19.1 Å². The number of carbonyl (C=O) groups excluding carboxylic acids is 1. The van der Waals surface area contributed by atoms with E-state index >= 15 is 0 Å². The van der Waals surface area contributed by atoms with Crippen molar-refractivity contribution in [3.05, 3.63) is 59.4 Å². The SMILES string of the molecule is CCc1ccc(NC(=O)Nc2ccc(C)c(F)c2)cc1. The van der Waals surface area contributed by atoms with Crippen molar-refractivity contribution in [2.45, 2.75) is 20.3 Å². The van der Waals surface area contributed by atoms with Gasteiger partial charge in [-0.1, -0.05) is 25.1 Å². The lowest BCUT2D eigenvalue weighted by Crippen LogP contribution is -2.19. The topological polar surface area (TPSA) is 41.1 Å². The minimum Gasteiger partial charge on any atom is -0.308 e. The third-order valence-corrected chi connectivity index (χ3v) is 3.05. The summed E-state index contributed by atoms with van der Waals surface area (Å²) < 4.78 is 13.4. The van der Waals surface area contributed by atoms with Gasteiger partial charge in [-0.15, -0.1) is 0 Å². The highest BCUT2D eigenvalue weighted by molar-refractivity contribution is 5.99. The highest BCUT2D eigenvalue weighted by Crippen LogP contribution is 2.15. The fraction of sp³-hybridized carbons (Fsp3) is 0.188. The molecule has 0 radical (unpaired) electrons. The minimum atomic E-state index is -0.391. The summed E-state index contributed by atoms with van der Waals surface area (Å²) in [7, 11) is 0. The number of rotatable bonds is 3. The Morgan fingerprint density at radius 3 is 2.25 bits per heavy atom. The number of aryl methyl sites for hydroxylation is 2. The van der Waals surface area contributed by atoms with Crippen molar-refractivity contribution in [1.29, 1.82) is 0 Å². The van der Waals surface area contributed by atoms with E-state index < -0.39 is 6.03 Å². The number of hydrogen-bond donors (Lipinski definition) is 2. The Bertz CT molecular complexity index is 608. The maximum atomic E-state index is 13.4. The van der Waals surface area contributed by atoms with Crippen molar-refractivity contribution < 1.29 is 9.18 Å². The van der Waals surface area contributed by atoms with Crippen LogP contribution in [0.25, 0.3) is 0 Å². The number of carbonyl (C=O) groups is 1. The molecule has 2 rings (SSSR count). The summed E-state index contributed by atoms with van der Waals surface area (Å²) in [6.45, 7) is 3.75. The fourth-order valence-corrected chi connectivity index (χ4v) is 1.79. The lowest BCUT2D eigenvalue weighted by atomic mass is 10.1. The van der Waals surface area contributed by atoms with Crippen molar-refractivity contribution in [1.82, 2.24) is 0 Å². The third-order valence-electron chi connectivity index (χ3n) is 3.05. The molecule has 104 valence electrons. The first-order valence-electron chi connectivity index (χ1n) is 6.51. The monoisotopic (exact) mass is 272 g/mol. The van der Waals surface area contributed by atoms with Gasteiger partial charge in [0.25, 0.3) is 0 Å². The molecule has 0 saturated heterocycles. The van der Waals surface area contributed by atoms with Crippen LogP contribution >= 0.6 is 0 Å². The van der Waals surface area contributed by atoms with E-state index in [0.29, 0.717) is 16.9 Å². The van der Waals surface area contributed by atoms with Crippen LogP contribution in [0.4, 0.5) is 20.6 Å². The summed E-state index contributed by atoms with van der Waals surface area (Å²) in [5.74, 6) is -0.338. The highest BCUT2D eigenvalue weighted by atomic mass is 19.1. The molecule has 0 fully saturated rings. The van der Waals surface area contributed by atoms with Gasteiger partial charge in [0, 0.05) is 11.4 Å². The summed E-state index contributed by atoms with van der Waals surface area (Å²) in [6.07, 6.45) is 0.953. The number of nitrogens with one attached hydrogen (secondary N) is 2. The molecule has 4 heteroatoms. The summed E-state index contributed by atoms with van der Waals surface area (Å²) in [4.78, 5) is 11.8. The second-order valence-corrected chi connectivity index (χ2v) is 4.59. The van der Waals surface area contributed by atoms with E-state index in [1.165, 1.54) is 11.6 Å². The second-order valence-electron chi connectivity index (χ2n) is 4.59. The molecule has 2 aromatic carbocycles. The first-order valence-corrected chi connectivity index (χ1v) is 6.51. The van der Waals surface area contributed by atoms with Crippen LogP contribution in [0.5, 0.6) is 0 Å². The van der Waals surface area contributed by atoms with Gasteiger partial charge < -0.3 is 10.6 Å². The van der Waals surface area contributed by atoms with E-state index in [9.17, 15) is 9.18 Å². The zero-order valence-corrected chi connectivity index (χ0v) is 11.5. The summed E-state index contributed by atoms with van der Waals surface area (Å²) >= 11 is 0. The maximum absolute atomic E-state index is 13.4. The number of benzene rings is 2. The molecular weight excluding hydrogens is 255 g/mol. The van der Waals surface area contributed by atoms with Gasteiger partial charge >= 0.3 is 6.03 Å². The van der Waals surface area contributed by atoms with Gasteiger partial charge in [0.1, 0.15) is 5.82 Å². The zero-order chi connectivity index (χ0) is 14.5. The third kappa shape index (κ3) is 3.57. The Labute approximate surface area is 117 Å². The number of urea groups is 1. The summed E-state index contributed by atoms with van der Waals surface area (Å²) in [5, 5.41) is 5.30. The van der Waals surface area contributed by atoms with Crippen LogP contribution < -0.4 is 10.6 Å². The largest absolute Gasteiger partial charge is 0.323 e. The van der Waals surface area contributed by atoms with Crippen LogP contribution in [0.3, 0.4) is 0 Å². The van der Waals surface area contributed by atoms with Crippen LogP contribution in [0, 0.1) is 12.7 Å². The van der Waals surface area contributed by atoms with Gasteiger partial charge in [-0.25, -0.2) is 9.18 Å². The predicted octanol–water partition coefficient (Wildman–Crippen LogP) is 4.34. The second kappa shape index (κ2) is 6.19. The standard InChI is InChI=1S/C16H17FN2O/c1-3-12-5-8-13(9-6-12)18-16(20)19-14-7-4-11(2)15(17)10-14/h4-10H,3H2,1-2H3,(H2,18,19,20). The molecule has 0 atom stereocenters. The van der Waals surface area contributed by atoms with Crippen LogP contribution in [0.15, 0.2) is 42.5 Å². The average molecular weight is 272 g/mol. The Balaban J connectivity index is 1.99. The highest BCUT2D eigenvalue weighted by Gasteiger charge is 2.04. The quantitative estimate of drug-likeness (QED) is 0.857. The van der Waals surface area contributed by atoms with Crippen molar-refractivity contribution in [3.63, 3.8) is 0 Å². The van der Waals surface area contributed by atoms with Gasteiger partial charge in [-0.3, -0.25) is 0 Å². The molecule has 0 spiro atoms. The van der Waals surface area contributed by atoms with Crippen LogP contribution in [0.1, 0.15) is 18.1 Å². The first kappa shape index (κ1) is 14.1.